The van der Waals surface area contributed by atoms with Gasteiger partial charge in [0.05, 0.1) is 18.4 Å². The van der Waals surface area contributed by atoms with Gasteiger partial charge in [-0.05, 0) is 17.3 Å². The van der Waals surface area contributed by atoms with Crippen LogP contribution in [0.4, 0.5) is 0 Å². The Labute approximate surface area is 148 Å². The van der Waals surface area contributed by atoms with Crippen molar-refractivity contribution in [1.29, 1.82) is 0 Å². The molecule has 7 heteroatoms. The van der Waals surface area contributed by atoms with Gasteiger partial charge < -0.3 is 4.74 Å². The van der Waals surface area contributed by atoms with Crippen LogP contribution in [0.15, 0.2) is 60.0 Å². The lowest BCUT2D eigenvalue weighted by Gasteiger charge is -2.04. The molecule has 2 heterocycles. The molecular weight excluding hydrogens is 334 g/mol. The lowest BCUT2D eigenvalue weighted by Crippen LogP contribution is -2.04. The Balaban J connectivity index is 1.55. The topological polar surface area (TPSA) is 65.7 Å². The molecule has 0 atom stereocenters. The van der Waals surface area contributed by atoms with Crippen LogP contribution in [0, 0.1) is 0 Å². The molecule has 0 aliphatic rings. The summed E-state index contributed by atoms with van der Waals surface area (Å²) in [7, 11) is 1.66. The van der Waals surface area contributed by atoms with Gasteiger partial charge >= 0.3 is 0 Å². The quantitative estimate of drug-likeness (QED) is 0.551. The number of para-hydroxylation sites is 1. The molecule has 2 aromatic carbocycles. The van der Waals surface area contributed by atoms with Gasteiger partial charge in [0.15, 0.2) is 0 Å². The molecule has 2 aromatic heterocycles. The summed E-state index contributed by atoms with van der Waals surface area (Å²) in [6.45, 7) is 0.478. The van der Waals surface area contributed by atoms with Gasteiger partial charge in [0.2, 0.25) is 5.82 Å². The monoisotopic (exact) mass is 349 g/mol. The molecule has 4 aromatic rings. The summed E-state index contributed by atoms with van der Waals surface area (Å²) in [5, 5.41) is 15.6. The first-order valence-electron chi connectivity index (χ1n) is 7.74. The maximum absolute atomic E-state index is 5.41. The fraction of sp³-hybridized carbons (Fsp3) is 0.111. The number of aromatic nitrogens is 5. The largest absolute Gasteiger partial charge is 0.496 e. The Morgan fingerprint density at radius 3 is 2.68 bits per heavy atom. The molecule has 0 unspecified atom stereocenters. The third-order valence-electron chi connectivity index (χ3n) is 3.68. The summed E-state index contributed by atoms with van der Waals surface area (Å²) in [6.07, 6.45) is 0. The van der Waals surface area contributed by atoms with E-state index < -0.39 is 0 Å². The number of hydrogen-bond donors (Lipinski definition) is 0. The summed E-state index contributed by atoms with van der Waals surface area (Å²) < 4.78 is 5.41. The minimum atomic E-state index is 0.478. The summed E-state index contributed by atoms with van der Waals surface area (Å²) in [6, 6.07) is 17.7. The van der Waals surface area contributed by atoms with E-state index in [9.17, 15) is 0 Å². The average molecular weight is 349 g/mol. The van der Waals surface area contributed by atoms with Crippen LogP contribution in [0.2, 0.25) is 0 Å². The molecule has 6 nitrogen and oxygen atoms in total. The van der Waals surface area contributed by atoms with Crippen LogP contribution in [0.1, 0.15) is 5.69 Å². The number of benzene rings is 2. The van der Waals surface area contributed by atoms with Gasteiger partial charge in [-0.3, -0.25) is 0 Å². The molecule has 0 radical (unpaired) electrons. The molecule has 0 amide bonds. The normalized spacial score (nSPS) is 10.8. The fourth-order valence-electron chi connectivity index (χ4n) is 2.48. The minimum Gasteiger partial charge on any atom is -0.496 e. The highest BCUT2D eigenvalue weighted by Crippen LogP contribution is 2.31. The molecule has 0 N–H and O–H groups in total. The highest BCUT2D eigenvalue weighted by atomic mass is 32.1. The van der Waals surface area contributed by atoms with Gasteiger partial charge in [-0.1, -0.05) is 42.5 Å². The number of nitrogens with zero attached hydrogens (tertiary/aromatic N) is 5. The van der Waals surface area contributed by atoms with Crippen molar-refractivity contribution >= 4 is 11.3 Å². The van der Waals surface area contributed by atoms with Gasteiger partial charge in [-0.25, -0.2) is 4.98 Å². The van der Waals surface area contributed by atoms with Crippen molar-refractivity contribution in [3.63, 3.8) is 0 Å². The molecule has 4 rings (SSSR count). The second-order valence-corrected chi connectivity index (χ2v) is 6.21. The third-order valence-corrected chi connectivity index (χ3v) is 4.60. The molecule has 25 heavy (non-hydrogen) atoms. The van der Waals surface area contributed by atoms with Crippen molar-refractivity contribution in [3.8, 4) is 27.7 Å². The van der Waals surface area contributed by atoms with Crippen molar-refractivity contribution < 1.29 is 4.74 Å². The van der Waals surface area contributed by atoms with E-state index in [-0.39, 0.29) is 0 Å². The van der Waals surface area contributed by atoms with E-state index in [1.165, 1.54) is 0 Å². The Morgan fingerprint density at radius 2 is 1.84 bits per heavy atom. The fourth-order valence-corrected chi connectivity index (χ4v) is 3.32. The van der Waals surface area contributed by atoms with Gasteiger partial charge in [0, 0.05) is 10.9 Å². The third kappa shape index (κ3) is 3.27. The zero-order valence-electron chi connectivity index (χ0n) is 13.5. The molecule has 124 valence electrons. The number of methoxy groups -OCH3 is 1. The molecule has 0 saturated carbocycles. The Bertz CT molecular complexity index is 980. The number of rotatable bonds is 5. The zero-order chi connectivity index (χ0) is 17.1. The predicted octanol–water partition coefficient (Wildman–Crippen LogP) is 3.52. The maximum Gasteiger partial charge on any atom is 0.204 e. The first-order valence-corrected chi connectivity index (χ1v) is 8.62. The van der Waals surface area contributed by atoms with Crippen molar-refractivity contribution in [2.24, 2.45) is 0 Å². The zero-order valence-corrected chi connectivity index (χ0v) is 14.3. The SMILES string of the molecule is COc1ccccc1-c1nc(Cn2nnc(-c3ccccc3)n2)cs1. The highest BCUT2D eigenvalue weighted by Gasteiger charge is 2.11. The van der Waals surface area contributed by atoms with Crippen LogP contribution in [-0.2, 0) is 6.54 Å². The van der Waals surface area contributed by atoms with E-state index in [2.05, 4.69) is 20.4 Å². The highest BCUT2D eigenvalue weighted by molar-refractivity contribution is 7.13. The smallest absolute Gasteiger partial charge is 0.204 e. The van der Waals surface area contributed by atoms with Gasteiger partial charge in [-0.2, -0.15) is 4.80 Å². The maximum atomic E-state index is 5.41. The Hall–Kier alpha value is -3.06. The van der Waals surface area contributed by atoms with Crippen LogP contribution in [0.25, 0.3) is 22.0 Å². The Morgan fingerprint density at radius 1 is 1.04 bits per heavy atom. The van der Waals surface area contributed by atoms with Crippen LogP contribution in [0.3, 0.4) is 0 Å². The van der Waals surface area contributed by atoms with Crippen LogP contribution < -0.4 is 4.74 Å². The lowest BCUT2D eigenvalue weighted by molar-refractivity contribution is 0.416. The van der Waals surface area contributed by atoms with Gasteiger partial charge in [0.1, 0.15) is 17.3 Å². The second kappa shape index (κ2) is 6.82. The molecule has 0 aliphatic carbocycles. The van der Waals surface area contributed by atoms with E-state index in [1.807, 2.05) is 60.0 Å². The number of thiazole rings is 1. The molecular formula is C18H15N5OS. The number of hydrogen-bond acceptors (Lipinski definition) is 6. The van der Waals surface area contributed by atoms with Gasteiger partial charge in [0.25, 0.3) is 0 Å². The molecule has 0 bridgehead atoms. The predicted molar refractivity (Wildman–Crippen MR) is 96.5 cm³/mol. The van der Waals surface area contributed by atoms with Crippen molar-refractivity contribution in [1.82, 2.24) is 25.2 Å². The van der Waals surface area contributed by atoms with E-state index in [0.29, 0.717) is 12.4 Å². The van der Waals surface area contributed by atoms with Crippen LogP contribution >= 0.6 is 11.3 Å². The van der Waals surface area contributed by atoms with Crippen LogP contribution in [0.5, 0.6) is 5.75 Å². The standard InChI is InChI=1S/C18H15N5OS/c1-24-16-10-6-5-9-15(16)18-19-14(12-25-18)11-23-21-17(20-22-23)13-7-3-2-4-8-13/h2-10,12H,11H2,1H3. The minimum absolute atomic E-state index is 0.478. The van der Waals surface area contributed by atoms with Crippen LogP contribution in [-0.4, -0.2) is 32.3 Å². The van der Waals surface area contributed by atoms with E-state index >= 15 is 0 Å². The summed E-state index contributed by atoms with van der Waals surface area (Å²) in [5.41, 5.74) is 2.82. The van der Waals surface area contributed by atoms with E-state index in [0.717, 1.165) is 27.6 Å². The number of ether oxygens (including phenoxy) is 1. The summed E-state index contributed by atoms with van der Waals surface area (Å²) >= 11 is 1.57. The second-order valence-electron chi connectivity index (χ2n) is 5.35. The number of tetrazole rings is 1. The van der Waals surface area contributed by atoms with Crippen molar-refractivity contribution in [2.75, 3.05) is 7.11 Å². The molecule has 0 spiro atoms. The molecule has 0 fully saturated rings. The lowest BCUT2D eigenvalue weighted by atomic mass is 10.2. The summed E-state index contributed by atoms with van der Waals surface area (Å²) in [4.78, 5) is 6.24. The van der Waals surface area contributed by atoms with E-state index in [1.54, 1.807) is 23.2 Å². The molecule has 0 aliphatic heterocycles. The molecule has 0 saturated heterocycles. The average Bonchev–Trinajstić information content (AvgIpc) is 3.32. The van der Waals surface area contributed by atoms with Gasteiger partial charge in [-0.15, -0.1) is 21.5 Å². The first-order chi connectivity index (χ1) is 12.3. The van der Waals surface area contributed by atoms with Crippen molar-refractivity contribution in [2.45, 2.75) is 6.54 Å². The Kier molecular flexibility index (Phi) is 4.22. The van der Waals surface area contributed by atoms with E-state index in [4.69, 9.17) is 4.74 Å². The van der Waals surface area contributed by atoms with Crippen molar-refractivity contribution in [3.05, 3.63) is 65.7 Å². The first kappa shape index (κ1) is 15.5. The summed E-state index contributed by atoms with van der Waals surface area (Å²) in [5.74, 6) is 1.43.